The van der Waals surface area contributed by atoms with Crippen LogP contribution in [0, 0.1) is 5.92 Å². The van der Waals surface area contributed by atoms with Crippen molar-refractivity contribution in [2.24, 2.45) is 5.92 Å². The fourth-order valence-corrected chi connectivity index (χ4v) is 4.41. The molecule has 3 atom stereocenters. The first kappa shape index (κ1) is 18.0. The SMILES string of the molecule is COc1cccc(OC[C@@H]2C3CCC(C3)N2Cc2cnc(N(C)C)nc2)c1. The van der Waals surface area contributed by atoms with Crippen molar-refractivity contribution < 1.29 is 9.47 Å². The van der Waals surface area contributed by atoms with Gasteiger partial charge in [-0.15, -0.1) is 0 Å². The molecule has 1 aromatic heterocycles. The number of anilines is 1. The Hall–Kier alpha value is -2.34. The van der Waals surface area contributed by atoms with E-state index in [1.54, 1.807) is 7.11 Å². The van der Waals surface area contributed by atoms with E-state index < -0.39 is 0 Å². The van der Waals surface area contributed by atoms with Crippen LogP contribution in [0.3, 0.4) is 0 Å². The Morgan fingerprint density at radius 2 is 1.93 bits per heavy atom. The fourth-order valence-electron chi connectivity index (χ4n) is 4.41. The zero-order chi connectivity index (χ0) is 18.8. The summed E-state index contributed by atoms with van der Waals surface area (Å²) in [5.41, 5.74) is 1.17. The third-order valence-electron chi connectivity index (χ3n) is 5.80. The summed E-state index contributed by atoms with van der Waals surface area (Å²) in [5.74, 6) is 3.17. The van der Waals surface area contributed by atoms with Crippen LogP contribution in [0.25, 0.3) is 0 Å². The molecule has 0 N–H and O–H groups in total. The van der Waals surface area contributed by atoms with Crippen LogP contribution in [-0.4, -0.2) is 54.8 Å². The molecule has 0 radical (unpaired) electrons. The highest BCUT2D eigenvalue weighted by Gasteiger charge is 2.45. The van der Waals surface area contributed by atoms with Gasteiger partial charge in [0, 0.05) is 56.7 Å². The summed E-state index contributed by atoms with van der Waals surface area (Å²) in [6.45, 7) is 1.60. The van der Waals surface area contributed by atoms with Gasteiger partial charge in [0.1, 0.15) is 18.1 Å². The molecule has 2 aromatic rings. The number of piperidine rings is 1. The van der Waals surface area contributed by atoms with Gasteiger partial charge in [-0.25, -0.2) is 9.97 Å². The van der Waals surface area contributed by atoms with Gasteiger partial charge in [0.25, 0.3) is 0 Å². The van der Waals surface area contributed by atoms with Crippen LogP contribution in [0.1, 0.15) is 24.8 Å². The number of ether oxygens (including phenoxy) is 2. The molecule has 1 saturated carbocycles. The van der Waals surface area contributed by atoms with Gasteiger partial charge in [0.2, 0.25) is 5.95 Å². The van der Waals surface area contributed by atoms with Crippen LogP contribution < -0.4 is 14.4 Å². The van der Waals surface area contributed by atoms with Gasteiger partial charge in [-0.2, -0.15) is 0 Å². The van der Waals surface area contributed by atoms with E-state index in [1.165, 1.54) is 24.8 Å². The summed E-state index contributed by atoms with van der Waals surface area (Å²) in [6.07, 6.45) is 7.78. The first-order valence-corrected chi connectivity index (χ1v) is 9.65. The molecule has 1 aliphatic carbocycles. The van der Waals surface area contributed by atoms with E-state index in [4.69, 9.17) is 9.47 Å². The summed E-state index contributed by atoms with van der Waals surface area (Å²) < 4.78 is 11.4. The lowest BCUT2D eigenvalue weighted by Gasteiger charge is -2.35. The average Bonchev–Trinajstić information content (AvgIpc) is 3.29. The first-order chi connectivity index (χ1) is 13.1. The second kappa shape index (κ2) is 7.72. The standard InChI is InChI=1S/C21H28N4O2/c1-24(2)21-22-11-15(12-23-21)13-25-17-8-7-16(9-17)20(25)14-27-19-6-4-5-18(10-19)26-3/h4-6,10-12,16-17,20H,7-9,13-14H2,1-3H3/t16?,17?,20-/m1/s1. The molecule has 6 nitrogen and oxygen atoms in total. The van der Waals surface area contributed by atoms with Crippen molar-refractivity contribution in [2.75, 3.05) is 32.7 Å². The molecule has 2 aliphatic rings. The van der Waals surface area contributed by atoms with Gasteiger partial charge in [0.05, 0.1) is 7.11 Å². The number of hydrogen-bond donors (Lipinski definition) is 0. The Labute approximate surface area is 161 Å². The monoisotopic (exact) mass is 368 g/mol. The lowest BCUT2D eigenvalue weighted by Crippen LogP contribution is -2.43. The number of nitrogens with zero attached hydrogens (tertiary/aromatic N) is 4. The highest BCUT2D eigenvalue weighted by Crippen LogP contribution is 2.43. The zero-order valence-electron chi connectivity index (χ0n) is 16.3. The maximum atomic E-state index is 6.14. The maximum Gasteiger partial charge on any atom is 0.224 e. The van der Waals surface area contributed by atoms with Gasteiger partial charge in [-0.1, -0.05) is 6.07 Å². The minimum absolute atomic E-state index is 0.448. The van der Waals surface area contributed by atoms with Crippen molar-refractivity contribution in [3.63, 3.8) is 0 Å². The number of aromatic nitrogens is 2. The molecule has 1 aromatic carbocycles. The largest absolute Gasteiger partial charge is 0.497 e. The Morgan fingerprint density at radius 3 is 2.67 bits per heavy atom. The topological polar surface area (TPSA) is 50.7 Å². The van der Waals surface area contributed by atoms with Crippen LogP contribution in [0.5, 0.6) is 11.5 Å². The van der Waals surface area contributed by atoms with Crippen LogP contribution in [0.4, 0.5) is 5.95 Å². The maximum absolute atomic E-state index is 6.14. The van der Waals surface area contributed by atoms with E-state index in [2.05, 4.69) is 14.9 Å². The Kier molecular flexibility index (Phi) is 5.16. The molecular formula is C21H28N4O2. The van der Waals surface area contributed by atoms with Crippen molar-refractivity contribution in [3.8, 4) is 11.5 Å². The second-order valence-electron chi connectivity index (χ2n) is 7.74. The van der Waals surface area contributed by atoms with E-state index >= 15 is 0 Å². The number of hydrogen-bond acceptors (Lipinski definition) is 6. The van der Waals surface area contributed by atoms with Gasteiger partial charge >= 0.3 is 0 Å². The molecule has 6 heteroatoms. The van der Waals surface area contributed by atoms with Gasteiger partial charge in [-0.3, -0.25) is 4.90 Å². The third-order valence-corrected chi connectivity index (χ3v) is 5.80. The minimum Gasteiger partial charge on any atom is -0.497 e. The third kappa shape index (κ3) is 3.86. The molecule has 2 bridgehead atoms. The second-order valence-corrected chi connectivity index (χ2v) is 7.74. The summed E-state index contributed by atoms with van der Waals surface area (Å²) in [7, 11) is 5.60. The minimum atomic E-state index is 0.448. The van der Waals surface area contributed by atoms with Crippen molar-refractivity contribution >= 4 is 5.95 Å². The normalized spacial score (nSPS) is 24.2. The molecule has 2 heterocycles. The molecule has 144 valence electrons. The quantitative estimate of drug-likeness (QED) is 0.749. The molecule has 0 amide bonds. The van der Waals surface area contributed by atoms with Crippen LogP contribution in [0.15, 0.2) is 36.7 Å². The predicted octanol–water partition coefficient (Wildman–Crippen LogP) is 2.98. The summed E-state index contributed by atoms with van der Waals surface area (Å²) in [6, 6.07) is 8.95. The van der Waals surface area contributed by atoms with E-state index in [0.29, 0.717) is 18.7 Å². The fraction of sp³-hybridized carbons (Fsp3) is 0.524. The first-order valence-electron chi connectivity index (χ1n) is 9.65. The van der Waals surface area contributed by atoms with E-state index in [-0.39, 0.29) is 0 Å². The smallest absolute Gasteiger partial charge is 0.224 e. The lowest BCUT2D eigenvalue weighted by atomic mass is 9.99. The Balaban J connectivity index is 1.43. The van der Waals surface area contributed by atoms with E-state index in [9.17, 15) is 0 Å². The van der Waals surface area contributed by atoms with E-state index in [1.807, 2.05) is 55.7 Å². The van der Waals surface area contributed by atoms with Crippen LogP contribution in [0.2, 0.25) is 0 Å². The molecule has 1 aliphatic heterocycles. The highest BCUT2D eigenvalue weighted by atomic mass is 16.5. The number of methoxy groups -OCH3 is 1. The number of likely N-dealkylation sites (tertiary alicyclic amines) is 1. The highest BCUT2D eigenvalue weighted by molar-refractivity contribution is 5.33. The van der Waals surface area contributed by atoms with Crippen molar-refractivity contribution in [3.05, 3.63) is 42.2 Å². The summed E-state index contributed by atoms with van der Waals surface area (Å²) >= 11 is 0. The molecule has 4 rings (SSSR count). The number of rotatable bonds is 7. The number of fused-ring (bicyclic) bond motifs is 2. The van der Waals surface area contributed by atoms with Crippen molar-refractivity contribution in [1.82, 2.24) is 14.9 Å². The molecular weight excluding hydrogens is 340 g/mol. The van der Waals surface area contributed by atoms with Crippen LogP contribution in [-0.2, 0) is 6.54 Å². The molecule has 1 saturated heterocycles. The Bertz CT molecular complexity index is 765. The van der Waals surface area contributed by atoms with Crippen molar-refractivity contribution in [1.29, 1.82) is 0 Å². The lowest BCUT2D eigenvalue weighted by molar-refractivity contribution is 0.0865. The van der Waals surface area contributed by atoms with Crippen molar-refractivity contribution in [2.45, 2.75) is 37.9 Å². The van der Waals surface area contributed by atoms with Gasteiger partial charge < -0.3 is 14.4 Å². The average molecular weight is 368 g/mol. The predicted molar refractivity (Wildman–Crippen MR) is 105 cm³/mol. The zero-order valence-corrected chi connectivity index (χ0v) is 16.3. The van der Waals surface area contributed by atoms with E-state index in [0.717, 1.165) is 29.9 Å². The van der Waals surface area contributed by atoms with Gasteiger partial charge in [-0.05, 0) is 37.3 Å². The molecule has 27 heavy (non-hydrogen) atoms. The molecule has 2 fully saturated rings. The summed E-state index contributed by atoms with van der Waals surface area (Å²) in [4.78, 5) is 13.4. The molecule has 2 unspecified atom stereocenters. The molecule has 0 spiro atoms. The Morgan fingerprint density at radius 1 is 1.15 bits per heavy atom. The van der Waals surface area contributed by atoms with Gasteiger partial charge in [0.15, 0.2) is 0 Å². The number of benzene rings is 1. The summed E-state index contributed by atoms with van der Waals surface area (Å²) in [5, 5.41) is 0. The van der Waals surface area contributed by atoms with Crippen LogP contribution >= 0.6 is 0 Å².